The number of hydrogen-bond donors (Lipinski definition) is 2. The summed E-state index contributed by atoms with van der Waals surface area (Å²) in [6, 6.07) is -1.44. The number of carbonyl (C=O) groups excluding carboxylic acids is 2. The van der Waals surface area contributed by atoms with Gasteiger partial charge >= 0.3 is 5.97 Å². The van der Waals surface area contributed by atoms with Crippen molar-refractivity contribution in [3.8, 4) is 0 Å². The van der Waals surface area contributed by atoms with Gasteiger partial charge in [0.2, 0.25) is 11.8 Å². The fourth-order valence-electron chi connectivity index (χ4n) is 3.11. The van der Waals surface area contributed by atoms with Gasteiger partial charge < -0.3 is 10.2 Å². The van der Waals surface area contributed by atoms with Crippen LogP contribution in [0.15, 0.2) is 0 Å². The molecule has 18 heavy (non-hydrogen) atoms. The fraction of sp³-hybridized carbons (Fsp3) is 0.750. The second-order valence-electron chi connectivity index (χ2n) is 5.25. The Morgan fingerprint density at radius 2 is 1.72 bits per heavy atom. The molecule has 0 aromatic heterocycles. The van der Waals surface area contributed by atoms with E-state index in [9.17, 15) is 14.4 Å². The van der Waals surface area contributed by atoms with Crippen molar-refractivity contribution >= 4 is 17.8 Å². The Labute approximate surface area is 105 Å². The number of aliphatic hydroxyl groups is 1. The summed E-state index contributed by atoms with van der Waals surface area (Å²) >= 11 is 0. The lowest BCUT2D eigenvalue weighted by molar-refractivity contribution is -0.165. The molecule has 2 rings (SSSR count). The quantitative estimate of drug-likeness (QED) is 0.699. The first-order valence-corrected chi connectivity index (χ1v) is 6.18. The molecule has 1 atom stereocenters. The molecule has 2 aliphatic rings. The van der Waals surface area contributed by atoms with Gasteiger partial charge in [-0.2, -0.15) is 0 Å². The Morgan fingerprint density at radius 1 is 1.22 bits per heavy atom. The molecule has 1 aliphatic heterocycles. The minimum Gasteiger partial charge on any atom is -0.480 e. The summed E-state index contributed by atoms with van der Waals surface area (Å²) in [5, 5.41) is 17.9. The van der Waals surface area contributed by atoms with Gasteiger partial charge in [0.25, 0.3) is 0 Å². The van der Waals surface area contributed by atoms with Crippen LogP contribution in [0.3, 0.4) is 0 Å². The highest BCUT2D eigenvalue weighted by molar-refractivity contribution is 6.02. The van der Waals surface area contributed by atoms with Crippen LogP contribution in [0.4, 0.5) is 0 Å². The fourth-order valence-corrected chi connectivity index (χ4v) is 3.11. The van der Waals surface area contributed by atoms with Crippen molar-refractivity contribution < 1.29 is 24.6 Å². The van der Waals surface area contributed by atoms with Crippen molar-refractivity contribution in [2.45, 2.75) is 44.6 Å². The maximum Gasteiger partial charge on any atom is 0.329 e. The lowest BCUT2D eigenvalue weighted by Gasteiger charge is -2.39. The molecule has 1 unspecified atom stereocenters. The van der Waals surface area contributed by atoms with Crippen molar-refractivity contribution in [2.75, 3.05) is 6.61 Å². The third-order valence-electron chi connectivity index (χ3n) is 4.02. The summed E-state index contributed by atoms with van der Waals surface area (Å²) in [6.45, 7) is -0.736. The Hall–Kier alpha value is -1.43. The van der Waals surface area contributed by atoms with Gasteiger partial charge in [0.15, 0.2) is 6.04 Å². The second-order valence-corrected chi connectivity index (χ2v) is 5.25. The average molecular weight is 255 g/mol. The van der Waals surface area contributed by atoms with Gasteiger partial charge in [-0.05, 0) is 18.3 Å². The smallest absolute Gasteiger partial charge is 0.329 e. The molecular formula is C12H17NO5. The molecule has 0 aromatic carbocycles. The van der Waals surface area contributed by atoms with E-state index < -0.39 is 30.4 Å². The van der Waals surface area contributed by atoms with E-state index in [1.807, 2.05) is 0 Å². The zero-order valence-corrected chi connectivity index (χ0v) is 10.1. The summed E-state index contributed by atoms with van der Waals surface area (Å²) < 4.78 is 0. The van der Waals surface area contributed by atoms with Crippen molar-refractivity contribution in [3.05, 3.63) is 0 Å². The van der Waals surface area contributed by atoms with Crippen molar-refractivity contribution in [3.63, 3.8) is 0 Å². The maximum absolute atomic E-state index is 12.0. The predicted molar refractivity (Wildman–Crippen MR) is 60.5 cm³/mol. The molecule has 1 heterocycles. The molecule has 2 amide bonds. The zero-order valence-electron chi connectivity index (χ0n) is 10.1. The molecule has 6 nitrogen and oxygen atoms in total. The van der Waals surface area contributed by atoms with Crippen LogP contribution in [0.5, 0.6) is 0 Å². The van der Waals surface area contributed by atoms with Gasteiger partial charge in [0, 0.05) is 12.8 Å². The number of amides is 2. The highest BCUT2D eigenvalue weighted by atomic mass is 16.4. The van der Waals surface area contributed by atoms with Crippen LogP contribution in [0.2, 0.25) is 0 Å². The summed E-state index contributed by atoms with van der Waals surface area (Å²) in [6.07, 6.45) is 4.20. The minimum absolute atomic E-state index is 0.225. The van der Waals surface area contributed by atoms with Gasteiger partial charge in [0.05, 0.1) is 6.61 Å². The van der Waals surface area contributed by atoms with Crippen LogP contribution in [0.1, 0.15) is 38.5 Å². The topological polar surface area (TPSA) is 94.9 Å². The number of aliphatic hydroxyl groups excluding tert-OH is 1. The first-order chi connectivity index (χ1) is 8.49. The van der Waals surface area contributed by atoms with Gasteiger partial charge in [-0.3, -0.25) is 14.5 Å². The molecule has 1 aliphatic carbocycles. The minimum atomic E-state index is -1.44. The Morgan fingerprint density at radius 3 is 2.11 bits per heavy atom. The zero-order chi connectivity index (χ0) is 13.3. The molecule has 2 fully saturated rings. The van der Waals surface area contributed by atoms with E-state index in [1.54, 1.807) is 0 Å². The van der Waals surface area contributed by atoms with Crippen LogP contribution >= 0.6 is 0 Å². The van der Waals surface area contributed by atoms with Crippen LogP contribution in [0, 0.1) is 5.41 Å². The molecular weight excluding hydrogens is 238 g/mol. The first kappa shape index (κ1) is 13.0. The van der Waals surface area contributed by atoms with E-state index in [2.05, 4.69) is 0 Å². The molecule has 2 N–H and O–H groups in total. The third kappa shape index (κ3) is 2.12. The van der Waals surface area contributed by atoms with Crippen molar-refractivity contribution in [1.29, 1.82) is 0 Å². The third-order valence-corrected chi connectivity index (χ3v) is 4.02. The molecule has 1 spiro atoms. The van der Waals surface area contributed by atoms with Gasteiger partial charge in [-0.1, -0.05) is 12.8 Å². The molecule has 0 aromatic rings. The monoisotopic (exact) mass is 255 g/mol. The van der Waals surface area contributed by atoms with Crippen LogP contribution in [0.25, 0.3) is 0 Å². The molecule has 0 bridgehead atoms. The van der Waals surface area contributed by atoms with E-state index in [1.165, 1.54) is 0 Å². The first-order valence-electron chi connectivity index (χ1n) is 6.18. The van der Waals surface area contributed by atoms with Gasteiger partial charge in [-0.25, -0.2) is 4.79 Å². The van der Waals surface area contributed by atoms with Crippen LogP contribution in [-0.2, 0) is 14.4 Å². The maximum atomic E-state index is 12.0. The lowest BCUT2D eigenvalue weighted by atomic mass is 9.76. The van der Waals surface area contributed by atoms with Crippen molar-refractivity contribution in [1.82, 2.24) is 4.90 Å². The number of nitrogens with zero attached hydrogens (tertiary/aromatic N) is 1. The van der Waals surface area contributed by atoms with Crippen LogP contribution in [-0.4, -0.2) is 45.5 Å². The summed E-state index contributed by atoms with van der Waals surface area (Å²) in [5.41, 5.74) is -0.247. The molecule has 100 valence electrons. The van der Waals surface area contributed by atoms with E-state index in [0.717, 1.165) is 30.6 Å². The number of likely N-dealkylation sites (tertiary alicyclic amines) is 1. The number of carboxylic acid groups (broad SMARTS) is 1. The van der Waals surface area contributed by atoms with E-state index in [-0.39, 0.29) is 18.3 Å². The molecule has 1 saturated heterocycles. The molecule has 0 radical (unpaired) electrons. The average Bonchev–Trinajstić information content (AvgIpc) is 2.70. The second kappa shape index (κ2) is 4.68. The number of carboxylic acids is 1. The summed E-state index contributed by atoms with van der Waals surface area (Å²) in [7, 11) is 0. The Balaban J connectivity index is 2.18. The standard InChI is InChI=1S/C12H17NO5/c14-7-8(11(17)18)13-9(15)5-12(6-10(13)16)3-1-2-4-12/h8,14H,1-7H2,(H,17,18). The number of imide groups is 1. The number of hydrogen-bond acceptors (Lipinski definition) is 4. The number of aliphatic carboxylic acids is 1. The molecule has 6 heteroatoms. The largest absolute Gasteiger partial charge is 0.480 e. The SMILES string of the molecule is O=C(O)C(CO)N1C(=O)CC2(CCCC2)CC1=O. The number of piperidine rings is 1. The van der Waals surface area contributed by atoms with E-state index in [0.29, 0.717) is 0 Å². The summed E-state index contributed by atoms with van der Waals surface area (Å²) in [4.78, 5) is 35.7. The number of carbonyl (C=O) groups is 3. The number of rotatable bonds is 3. The van der Waals surface area contributed by atoms with Gasteiger partial charge in [-0.15, -0.1) is 0 Å². The van der Waals surface area contributed by atoms with E-state index >= 15 is 0 Å². The normalized spacial score (nSPS) is 24.6. The Bertz CT molecular complexity index is 366. The predicted octanol–water partition coefficient (Wildman–Crippen LogP) is 0.141. The summed E-state index contributed by atoms with van der Waals surface area (Å²) in [5.74, 6) is -2.27. The van der Waals surface area contributed by atoms with Crippen LogP contribution < -0.4 is 0 Å². The highest BCUT2D eigenvalue weighted by Crippen LogP contribution is 2.47. The van der Waals surface area contributed by atoms with Crippen molar-refractivity contribution in [2.24, 2.45) is 5.41 Å². The Kier molecular flexibility index (Phi) is 3.38. The molecule has 1 saturated carbocycles. The highest BCUT2D eigenvalue weighted by Gasteiger charge is 2.48. The van der Waals surface area contributed by atoms with Gasteiger partial charge in [0.1, 0.15) is 0 Å². The van der Waals surface area contributed by atoms with E-state index in [4.69, 9.17) is 10.2 Å². The lowest BCUT2D eigenvalue weighted by Crippen LogP contribution is -2.55.